The van der Waals surface area contributed by atoms with Gasteiger partial charge >= 0.3 is 26.2 Å². The molecule has 1 unspecified atom stereocenters. The molecule has 0 bridgehead atoms. The average molecular weight is 314 g/mol. The van der Waals surface area contributed by atoms with Crippen LogP contribution in [0.4, 0.5) is 0 Å². The number of fused-ring (bicyclic) bond motifs is 1. The largest absolute Gasteiger partial charge is 2.00 e. The van der Waals surface area contributed by atoms with Gasteiger partial charge in [0.2, 0.25) is 0 Å². The summed E-state index contributed by atoms with van der Waals surface area (Å²) in [7, 11) is 0. The Hall–Kier alpha value is -0.807. The molecule has 0 aromatic heterocycles. The number of rotatable bonds is 0. The van der Waals surface area contributed by atoms with Crippen LogP contribution in [-0.2, 0) is 26.2 Å². The van der Waals surface area contributed by atoms with Crippen LogP contribution in [0.5, 0.6) is 0 Å². The smallest absolute Gasteiger partial charge is 0.269 e. The van der Waals surface area contributed by atoms with Crippen LogP contribution in [0.1, 0.15) is 35.1 Å². The molecule has 0 saturated carbocycles. The summed E-state index contributed by atoms with van der Waals surface area (Å²) in [5.74, 6) is 0.491. The van der Waals surface area contributed by atoms with Gasteiger partial charge in [-0.3, -0.25) is 6.08 Å². The first-order valence-corrected chi connectivity index (χ1v) is 6.05. The first-order valence-electron chi connectivity index (χ1n) is 6.05. The van der Waals surface area contributed by atoms with Gasteiger partial charge in [0.25, 0.3) is 0 Å². The molecule has 0 saturated heterocycles. The predicted octanol–water partition coefficient (Wildman–Crippen LogP) is 4.64. The normalized spacial score (nSPS) is 15.4. The van der Waals surface area contributed by atoms with Crippen LogP contribution in [0, 0.1) is 19.9 Å². The van der Waals surface area contributed by atoms with Gasteiger partial charge in [-0.1, -0.05) is 44.9 Å². The molecule has 18 heavy (non-hydrogen) atoms. The molecule has 0 fully saturated rings. The van der Waals surface area contributed by atoms with Crippen LogP contribution in [0.3, 0.4) is 0 Å². The summed E-state index contributed by atoms with van der Waals surface area (Å²) in [6.45, 7) is 6.41. The van der Waals surface area contributed by atoms with Crippen LogP contribution < -0.4 is 0 Å². The van der Waals surface area contributed by atoms with Crippen molar-refractivity contribution in [3.05, 3.63) is 70.8 Å². The summed E-state index contributed by atoms with van der Waals surface area (Å²) in [6.07, 6.45) is 5.41. The van der Waals surface area contributed by atoms with Crippen molar-refractivity contribution >= 4 is 6.08 Å². The molecular formula is C17H18Zr. The molecule has 1 aliphatic rings. The van der Waals surface area contributed by atoms with Crippen LogP contribution in [-0.4, -0.2) is 0 Å². The quantitative estimate of drug-likeness (QED) is 0.622. The summed E-state index contributed by atoms with van der Waals surface area (Å²) in [4.78, 5) is 0. The SMILES string of the molecule is C[c-]1cccc1.Cc1cccc2c1C=[C-]C2C.[Zr+2]. The Kier molecular flexibility index (Phi) is 5.89. The summed E-state index contributed by atoms with van der Waals surface area (Å²) < 4.78 is 0. The Morgan fingerprint density at radius 2 is 1.78 bits per heavy atom. The van der Waals surface area contributed by atoms with E-state index in [0.29, 0.717) is 5.92 Å². The van der Waals surface area contributed by atoms with Gasteiger partial charge in [-0.2, -0.15) is 23.3 Å². The zero-order valence-corrected chi connectivity index (χ0v) is 13.7. The van der Waals surface area contributed by atoms with E-state index in [4.69, 9.17) is 0 Å². The Morgan fingerprint density at radius 3 is 2.28 bits per heavy atom. The average Bonchev–Trinajstić information content (AvgIpc) is 2.91. The molecule has 3 rings (SSSR count). The van der Waals surface area contributed by atoms with Crippen LogP contribution in [0.15, 0.2) is 42.5 Å². The van der Waals surface area contributed by atoms with E-state index in [1.54, 1.807) is 0 Å². The summed E-state index contributed by atoms with van der Waals surface area (Å²) in [5, 5.41) is 0. The maximum Gasteiger partial charge on any atom is 2.00 e. The van der Waals surface area contributed by atoms with Crippen molar-refractivity contribution in [3.8, 4) is 0 Å². The maximum absolute atomic E-state index is 3.30. The van der Waals surface area contributed by atoms with Gasteiger partial charge in [-0.25, -0.2) is 18.2 Å². The van der Waals surface area contributed by atoms with Crippen molar-refractivity contribution < 1.29 is 26.2 Å². The van der Waals surface area contributed by atoms with E-state index in [-0.39, 0.29) is 26.2 Å². The number of benzene rings is 1. The monoisotopic (exact) mass is 312 g/mol. The standard InChI is InChI=1S/C11H11.C6H7.Zr/c1-8-4-3-5-10-9(2)6-7-11(8)10;1-6-4-2-3-5-6;/h3-5,7,9H,1-2H3;2-5H,1H3;/q2*-1;+2. The predicted molar refractivity (Wildman–Crippen MR) is 74.1 cm³/mol. The maximum atomic E-state index is 3.30. The Morgan fingerprint density at radius 1 is 1.11 bits per heavy atom. The molecule has 2 aromatic rings. The molecule has 0 nitrogen and oxygen atoms in total. The second-order valence-electron chi connectivity index (χ2n) is 4.57. The third-order valence-corrected chi connectivity index (χ3v) is 3.13. The van der Waals surface area contributed by atoms with E-state index in [1.165, 1.54) is 22.3 Å². The molecule has 90 valence electrons. The van der Waals surface area contributed by atoms with Gasteiger partial charge in [0, 0.05) is 0 Å². The van der Waals surface area contributed by atoms with E-state index in [2.05, 4.69) is 63.3 Å². The molecule has 1 heteroatoms. The third kappa shape index (κ3) is 3.59. The van der Waals surface area contributed by atoms with Crippen LogP contribution >= 0.6 is 0 Å². The Labute approximate surface area is 129 Å². The molecular weight excluding hydrogens is 295 g/mol. The van der Waals surface area contributed by atoms with Crippen molar-refractivity contribution in [3.63, 3.8) is 0 Å². The zero-order valence-electron chi connectivity index (χ0n) is 11.2. The van der Waals surface area contributed by atoms with E-state index in [1.807, 2.05) is 12.1 Å². The Balaban J connectivity index is 0.000000199. The third-order valence-electron chi connectivity index (χ3n) is 3.13. The molecule has 0 aliphatic heterocycles. The van der Waals surface area contributed by atoms with E-state index < -0.39 is 0 Å². The first kappa shape index (κ1) is 15.3. The molecule has 1 aliphatic carbocycles. The summed E-state index contributed by atoms with van der Waals surface area (Å²) >= 11 is 0. The molecule has 0 heterocycles. The van der Waals surface area contributed by atoms with Gasteiger partial charge < -0.3 is 0 Å². The summed E-state index contributed by atoms with van der Waals surface area (Å²) in [5.41, 5.74) is 5.50. The molecule has 1 atom stereocenters. The molecule has 0 spiro atoms. The van der Waals surface area contributed by atoms with Gasteiger partial charge in [0.05, 0.1) is 0 Å². The topological polar surface area (TPSA) is 0 Å². The van der Waals surface area contributed by atoms with Crippen molar-refractivity contribution in [2.45, 2.75) is 26.7 Å². The fraction of sp³-hybridized carbons (Fsp3) is 0.235. The second-order valence-corrected chi connectivity index (χ2v) is 4.57. The Bertz CT molecular complexity index is 506. The minimum Gasteiger partial charge on any atom is -0.269 e. The summed E-state index contributed by atoms with van der Waals surface area (Å²) in [6, 6.07) is 14.7. The number of hydrogen-bond donors (Lipinski definition) is 0. The van der Waals surface area contributed by atoms with Crippen molar-refractivity contribution in [2.75, 3.05) is 0 Å². The van der Waals surface area contributed by atoms with Gasteiger partial charge in [-0.15, -0.1) is 11.1 Å². The molecule has 0 radical (unpaired) electrons. The van der Waals surface area contributed by atoms with E-state index in [0.717, 1.165) is 0 Å². The molecule has 2 aromatic carbocycles. The van der Waals surface area contributed by atoms with Crippen LogP contribution in [0.25, 0.3) is 6.08 Å². The van der Waals surface area contributed by atoms with E-state index in [9.17, 15) is 0 Å². The zero-order chi connectivity index (χ0) is 12.3. The van der Waals surface area contributed by atoms with Gasteiger partial charge in [0.15, 0.2) is 0 Å². The fourth-order valence-corrected chi connectivity index (χ4v) is 2.05. The number of allylic oxidation sites excluding steroid dienone is 1. The second kappa shape index (κ2) is 6.95. The van der Waals surface area contributed by atoms with Gasteiger partial charge in [-0.05, 0) is 0 Å². The minimum atomic E-state index is 0. The molecule has 0 N–H and O–H groups in total. The van der Waals surface area contributed by atoms with Crippen molar-refractivity contribution in [2.24, 2.45) is 0 Å². The molecule has 0 amide bonds. The van der Waals surface area contributed by atoms with Gasteiger partial charge in [0.1, 0.15) is 0 Å². The number of aryl methyl sites for hydroxylation is 2. The van der Waals surface area contributed by atoms with Crippen LogP contribution in [0.2, 0.25) is 0 Å². The first-order chi connectivity index (χ1) is 8.18. The van der Waals surface area contributed by atoms with Crippen molar-refractivity contribution in [1.82, 2.24) is 0 Å². The number of hydrogen-bond acceptors (Lipinski definition) is 0. The van der Waals surface area contributed by atoms with E-state index >= 15 is 0 Å². The van der Waals surface area contributed by atoms with Crippen molar-refractivity contribution in [1.29, 1.82) is 0 Å². The minimum absolute atomic E-state index is 0. The fourth-order valence-electron chi connectivity index (χ4n) is 2.05.